The molecule has 3 aromatic rings. The van der Waals surface area contributed by atoms with Gasteiger partial charge in [-0.15, -0.1) is 10.2 Å². The number of ether oxygens (including phenoxy) is 2. The molecule has 1 N–H and O–H groups in total. The predicted octanol–water partition coefficient (Wildman–Crippen LogP) is 2.98. The Morgan fingerprint density at radius 3 is 2.74 bits per heavy atom. The van der Waals surface area contributed by atoms with Crippen molar-refractivity contribution in [1.82, 2.24) is 25.6 Å². The number of hydrogen-bond acceptors (Lipinski definition) is 6. The van der Waals surface area contributed by atoms with Crippen LogP contribution in [-0.4, -0.2) is 44.9 Å². The molecule has 1 aliphatic carbocycles. The number of tetrazole rings is 1. The van der Waals surface area contributed by atoms with Gasteiger partial charge >= 0.3 is 0 Å². The first kappa shape index (κ1) is 16.4. The molecule has 1 aliphatic heterocycles. The molecule has 2 aromatic heterocycles. The summed E-state index contributed by atoms with van der Waals surface area (Å²) in [6, 6.07) is 10.4. The van der Waals surface area contributed by atoms with Gasteiger partial charge in [0, 0.05) is 17.7 Å². The third kappa shape index (κ3) is 3.08. The normalized spacial score (nSPS) is 19.0. The van der Waals surface area contributed by atoms with Crippen molar-refractivity contribution in [2.24, 2.45) is 0 Å². The number of fused-ring (bicyclic) bond motifs is 1. The van der Waals surface area contributed by atoms with E-state index in [1.165, 1.54) is 5.56 Å². The van der Waals surface area contributed by atoms with E-state index in [9.17, 15) is 0 Å². The Bertz CT molecular complexity index is 921. The number of hydrogen-bond donors (Lipinski definition) is 1. The monoisotopic (exact) mass is 363 g/mol. The third-order valence-corrected chi connectivity index (χ3v) is 5.24. The van der Waals surface area contributed by atoms with Gasteiger partial charge in [0.2, 0.25) is 11.7 Å². The molecule has 0 spiro atoms. The molecule has 5 rings (SSSR count). The highest BCUT2D eigenvalue weighted by Crippen LogP contribution is 2.42. The molecule has 1 saturated heterocycles. The van der Waals surface area contributed by atoms with E-state index in [0.717, 1.165) is 61.1 Å². The van der Waals surface area contributed by atoms with Gasteiger partial charge in [0.25, 0.3) is 0 Å². The summed E-state index contributed by atoms with van der Waals surface area (Å²) in [7, 11) is 0. The molecule has 1 aromatic carbocycles. The fourth-order valence-corrected chi connectivity index (χ4v) is 3.97. The van der Waals surface area contributed by atoms with Crippen molar-refractivity contribution in [2.75, 3.05) is 13.2 Å². The minimum Gasteiger partial charge on any atom is -0.471 e. The first-order chi connectivity index (χ1) is 13.4. The van der Waals surface area contributed by atoms with Crippen LogP contribution in [-0.2, 0) is 17.6 Å². The number of aryl methyl sites for hydroxylation is 1. The lowest BCUT2D eigenvalue weighted by Gasteiger charge is -2.24. The molecule has 0 amide bonds. The van der Waals surface area contributed by atoms with Crippen LogP contribution < -0.4 is 4.74 Å². The largest absolute Gasteiger partial charge is 0.471 e. The molecule has 7 heteroatoms. The Hall–Kier alpha value is -2.80. The van der Waals surface area contributed by atoms with Crippen molar-refractivity contribution in [3.8, 4) is 28.4 Å². The predicted molar refractivity (Wildman–Crippen MR) is 99.3 cm³/mol. The summed E-state index contributed by atoms with van der Waals surface area (Å²) in [5.74, 6) is 1.11. The van der Waals surface area contributed by atoms with Gasteiger partial charge < -0.3 is 9.47 Å². The smallest absolute Gasteiger partial charge is 0.226 e. The molecule has 0 saturated carbocycles. The average Bonchev–Trinajstić information content (AvgIpc) is 3.42. The van der Waals surface area contributed by atoms with Crippen molar-refractivity contribution in [3.05, 3.63) is 41.6 Å². The van der Waals surface area contributed by atoms with Crippen LogP contribution in [0.15, 0.2) is 30.3 Å². The topological polar surface area (TPSA) is 85.8 Å². The molecule has 0 radical (unpaired) electrons. The highest BCUT2D eigenvalue weighted by atomic mass is 16.5. The fraction of sp³-hybridized carbons (Fsp3) is 0.400. The Labute approximate surface area is 157 Å². The standard InChI is InChI=1S/C20H21N5O2/c1-2-6-13(7-3-1)17-15-8-4-5-9-16(15)21-20(27-14-10-11-26-12-14)18(17)19-22-24-25-23-19/h1-3,6-7,14H,4-5,8-12H2,(H,22,23,24,25). The van der Waals surface area contributed by atoms with Gasteiger partial charge in [-0.2, -0.15) is 5.21 Å². The molecule has 2 aliphatic rings. The van der Waals surface area contributed by atoms with E-state index in [-0.39, 0.29) is 6.10 Å². The lowest BCUT2D eigenvalue weighted by atomic mass is 9.86. The van der Waals surface area contributed by atoms with Crippen LogP contribution in [0.2, 0.25) is 0 Å². The molecule has 7 nitrogen and oxygen atoms in total. The van der Waals surface area contributed by atoms with Crippen LogP contribution in [0.1, 0.15) is 30.5 Å². The maximum atomic E-state index is 6.30. The number of pyridine rings is 1. The number of nitrogens with zero attached hydrogens (tertiary/aromatic N) is 4. The van der Waals surface area contributed by atoms with Crippen LogP contribution in [0.25, 0.3) is 22.5 Å². The van der Waals surface area contributed by atoms with E-state index in [1.807, 2.05) is 6.07 Å². The molecule has 1 atom stereocenters. The maximum Gasteiger partial charge on any atom is 0.226 e. The summed E-state index contributed by atoms with van der Waals surface area (Å²) >= 11 is 0. The number of benzene rings is 1. The summed E-state index contributed by atoms with van der Waals surface area (Å²) in [5, 5.41) is 14.9. The molecular weight excluding hydrogens is 342 g/mol. The van der Waals surface area contributed by atoms with Gasteiger partial charge in [0.1, 0.15) is 6.10 Å². The SMILES string of the molecule is c1ccc(-c2c3c(nc(OC4CCOC4)c2-c2nn[nH]n2)CCCC3)cc1. The van der Waals surface area contributed by atoms with Crippen molar-refractivity contribution < 1.29 is 9.47 Å². The number of rotatable bonds is 4. The Kier molecular flexibility index (Phi) is 4.29. The molecule has 138 valence electrons. The minimum absolute atomic E-state index is 0.00779. The zero-order valence-electron chi connectivity index (χ0n) is 15.0. The van der Waals surface area contributed by atoms with Crippen LogP contribution in [0, 0.1) is 0 Å². The zero-order valence-corrected chi connectivity index (χ0v) is 15.0. The number of H-pyrrole nitrogens is 1. The first-order valence-electron chi connectivity index (χ1n) is 9.49. The van der Waals surface area contributed by atoms with E-state index in [4.69, 9.17) is 14.5 Å². The third-order valence-electron chi connectivity index (χ3n) is 5.24. The van der Waals surface area contributed by atoms with E-state index in [1.54, 1.807) is 0 Å². The summed E-state index contributed by atoms with van der Waals surface area (Å²) in [5.41, 5.74) is 5.48. The number of nitrogens with one attached hydrogen (secondary N) is 1. The highest BCUT2D eigenvalue weighted by Gasteiger charge is 2.29. The van der Waals surface area contributed by atoms with Gasteiger partial charge in [0.05, 0.1) is 18.8 Å². The summed E-state index contributed by atoms with van der Waals surface area (Å²) in [6.45, 7) is 1.31. The second-order valence-electron chi connectivity index (χ2n) is 7.00. The van der Waals surface area contributed by atoms with Gasteiger partial charge in [-0.3, -0.25) is 0 Å². The number of aromatic amines is 1. The maximum absolute atomic E-state index is 6.30. The van der Waals surface area contributed by atoms with Crippen molar-refractivity contribution in [2.45, 2.75) is 38.2 Å². The zero-order chi connectivity index (χ0) is 18.1. The van der Waals surface area contributed by atoms with E-state index < -0.39 is 0 Å². The second kappa shape index (κ2) is 7.08. The Morgan fingerprint density at radius 2 is 1.96 bits per heavy atom. The van der Waals surface area contributed by atoms with E-state index >= 15 is 0 Å². The Balaban J connectivity index is 1.75. The fourth-order valence-electron chi connectivity index (χ4n) is 3.97. The molecule has 3 heterocycles. The van der Waals surface area contributed by atoms with Gasteiger partial charge in [0.15, 0.2) is 0 Å². The minimum atomic E-state index is 0.00779. The van der Waals surface area contributed by atoms with Crippen molar-refractivity contribution in [3.63, 3.8) is 0 Å². The second-order valence-corrected chi connectivity index (χ2v) is 7.00. The lowest BCUT2D eigenvalue weighted by molar-refractivity contribution is 0.138. The molecule has 27 heavy (non-hydrogen) atoms. The van der Waals surface area contributed by atoms with Crippen LogP contribution in [0.5, 0.6) is 5.88 Å². The van der Waals surface area contributed by atoms with Gasteiger partial charge in [-0.05, 0) is 42.0 Å². The molecular formula is C20H21N5O2. The van der Waals surface area contributed by atoms with Crippen molar-refractivity contribution in [1.29, 1.82) is 0 Å². The van der Waals surface area contributed by atoms with E-state index in [0.29, 0.717) is 18.3 Å². The highest BCUT2D eigenvalue weighted by molar-refractivity contribution is 5.86. The van der Waals surface area contributed by atoms with E-state index in [2.05, 4.69) is 44.9 Å². The average molecular weight is 363 g/mol. The summed E-state index contributed by atoms with van der Waals surface area (Å²) in [6.07, 6.45) is 5.17. The van der Waals surface area contributed by atoms with Crippen LogP contribution in [0.3, 0.4) is 0 Å². The quantitative estimate of drug-likeness (QED) is 0.767. The Morgan fingerprint density at radius 1 is 1.07 bits per heavy atom. The molecule has 0 bridgehead atoms. The van der Waals surface area contributed by atoms with Crippen LogP contribution >= 0.6 is 0 Å². The van der Waals surface area contributed by atoms with Crippen LogP contribution in [0.4, 0.5) is 0 Å². The summed E-state index contributed by atoms with van der Waals surface area (Å²) in [4.78, 5) is 4.92. The number of aromatic nitrogens is 5. The van der Waals surface area contributed by atoms with Crippen molar-refractivity contribution >= 4 is 0 Å². The molecule has 1 fully saturated rings. The van der Waals surface area contributed by atoms with Gasteiger partial charge in [-0.1, -0.05) is 30.3 Å². The molecule has 1 unspecified atom stereocenters. The first-order valence-corrected chi connectivity index (χ1v) is 9.49. The summed E-state index contributed by atoms with van der Waals surface area (Å²) < 4.78 is 11.8. The van der Waals surface area contributed by atoms with Gasteiger partial charge in [-0.25, -0.2) is 4.98 Å². The lowest BCUT2D eigenvalue weighted by Crippen LogP contribution is -2.19.